The van der Waals surface area contributed by atoms with E-state index in [2.05, 4.69) is 5.32 Å². The molecule has 0 spiro atoms. The van der Waals surface area contributed by atoms with Crippen molar-refractivity contribution < 1.29 is 22.7 Å². The Labute approximate surface area is 125 Å². The summed E-state index contributed by atoms with van der Waals surface area (Å²) >= 11 is 0. The van der Waals surface area contributed by atoms with Crippen LogP contribution in [0.1, 0.15) is 31.7 Å². The highest BCUT2D eigenvalue weighted by Gasteiger charge is 2.40. The molecule has 118 valence electrons. The summed E-state index contributed by atoms with van der Waals surface area (Å²) in [5.41, 5.74) is -1.84. The van der Waals surface area contributed by atoms with Gasteiger partial charge in [-0.3, -0.25) is 4.79 Å². The summed E-state index contributed by atoms with van der Waals surface area (Å²) in [6.07, 6.45) is -3.77. The molecule has 0 radical (unpaired) electrons. The predicted octanol–water partition coefficient (Wildman–Crippen LogP) is 3.04. The molecule has 0 aromatic heterocycles. The molecular weight excluding hydrogens is 297 g/mol. The first-order chi connectivity index (χ1) is 10.3. The monoisotopic (exact) mass is 312 g/mol. The smallest absolute Gasteiger partial charge is 0.419 e. The van der Waals surface area contributed by atoms with Gasteiger partial charge < -0.3 is 10.1 Å². The number of para-hydroxylation sites is 1. The van der Waals surface area contributed by atoms with Crippen molar-refractivity contribution >= 4 is 5.91 Å². The molecule has 1 fully saturated rings. The first kappa shape index (κ1) is 16.1. The molecule has 0 bridgehead atoms. The topological polar surface area (TPSA) is 62.1 Å². The third-order valence-corrected chi connectivity index (χ3v) is 3.65. The van der Waals surface area contributed by atoms with Gasteiger partial charge in [-0.2, -0.15) is 18.4 Å². The van der Waals surface area contributed by atoms with Crippen molar-refractivity contribution in [2.24, 2.45) is 0 Å². The molecule has 7 heteroatoms. The summed E-state index contributed by atoms with van der Waals surface area (Å²) in [5, 5.41) is 11.6. The van der Waals surface area contributed by atoms with Gasteiger partial charge in [0.25, 0.3) is 5.91 Å². The number of nitriles is 1. The van der Waals surface area contributed by atoms with Crippen LogP contribution in [0.2, 0.25) is 0 Å². The Kier molecular flexibility index (Phi) is 4.31. The van der Waals surface area contributed by atoms with Crippen LogP contribution in [0.25, 0.3) is 0 Å². The molecular formula is C15H15F3N2O2. The second-order valence-electron chi connectivity index (χ2n) is 5.29. The highest BCUT2D eigenvalue weighted by molar-refractivity contribution is 5.82. The average Bonchev–Trinajstić information content (AvgIpc) is 2.42. The van der Waals surface area contributed by atoms with Gasteiger partial charge in [0.2, 0.25) is 0 Å². The number of halogens is 3. The van der Waals surface area contributed by atoms with Gasteiger partial charge in [0.1, 0.15) is 11.3 Å². The van der Waals surface area contributed by atoms with Crippen LogP contribution in [-0.4, -0.2) is 17.6 Å². The SMILES string of the molecule is C[C@@H](Oc1ccccc1C(F)(F)F)C(=O)NC1(C#N)CCC1. The third kappa shape index (κ3) is 3.32. The van der Waals surface area contributed by atoms with Gasteiger partial charge in [-0.05, 0) is 38.3 Å². The van der Waals surface area contributed by atoms with Crippen molar-refractivity contribution in [3.8, 4) is 11.8 Å². The van der Waals surface area contributed by atoms with Crippen LogP contribution in [0.3, 0.4) is 0 Å². The fourth-order valence-corrected chi connectivity index (χ4v) is 2.18. The zero-order valence-electron chi connectivity index (χ0n) is 11.9. The zero-order valence-corrected chi connectivity index (χ0v) is 11.9. The highest BCUT2D eigenvalue weighted by atomic mass is 19.4. The van der Waals surface area contributed by atoms with Crippen molar-refractivity contribution in [1.29, 1.82) is 5.26 Å². The highest BCUT2D eigenvalue weighted by Crippen LogP contribution is 2.36. The second kappa shape index (κ2) is 5.87. The Morgan fingerprint density at radius 2 is 2.05 bits per heavy atom. The Hall–Kier alpha value is -2.23. The molecule has 0 heterocycles. The number of amides is 1. The lowest BCUT2D eigenvalue weighted by Crippen LogP contribution is -2.55. The Morgan fingerprint density at radius 1 is 1.41 bits per heavy atom. The molecule has 0 saturated heterocycles. The van der Waals surface area contributed by atoms with Gasteiger partial charge in [0, 0.05) is 0 Å². The van der Waals surface area contributed by atoms with E-state index in [1.807, 2.05) is 6.07 Å². The lowest BCUT2D eigenvalue weighted by atomic mass is 9.78. The summed E-state index contributed by atoms with van der Waals surface area (Å²) in [4.78, 5) is 12.0. The number of nitrogens with zero attached hydrogens (tertiary/aromatic N) is 1. The molecule has 1 amide bonds. The van der Waals surface area contributed by atoms with Crippen LogP contribution in [0.15, 0.2) is 24.3 Å². The molecule has 0 aliphatic heterocycles. The van der Waals surface area contributed by atoms with Crippen LogP contribution in [0.5, 0.6) is 5.75 Å². The van der Waals surface area contributed by atoms with E-state index >= 15 is 0 Å². The molecule has 0 unspecified atom stereocenters. The molecule has 1 N–H and O–H groups in total. The normalized spacial score (nSPS) is 17.8. The summed E-state index contributed by atoms with van der Waals surface area (Å²) in [7, 11) is 0. The van der Waals surface area contributed by atoms with Crippen LogP contribution in [0.4, 0.5) is 13.2 Å². The van der Waals surface area contributed by atoms with Gasteiger partial charge in [-0.15, -0.1) is 0 Å². The molecule has 4 nitrogen and oxygen atoms in total. The van der Waals surface area contributed by atoms with Crippen molar-refractivity contribution in [2.45, 2.75) is 44.0 Å². The first-order valence-corrected chi connectivity index (χ1v) is 6.83. The number of ether oxygens (including phenoxy) is 1. The van der Waals surface area contributed by atoms with Gasteiger partial charge in [0.15, 0.2) is 6.10 Å². The molecule has 22 heavy (non-hydrogen) atoms. The minimum atomic E-state index is -4.56. The lowest BCUT2D eigenvalue weighted by Gasteiger charge is -2.36. The first-order valence-electron chi connectivity index (χ1n) is 6.83. The largest absolute Gasteiger partial charge is 0.480 e. The van der Waals surface area contributed by atoms with Crippen LogP contribution in [0, 0.1) is 11.3 Å². The molecule has 1 aliphatic carbocycles. The fourth-order valence-electron chi connectivity index (χ4n) is 2.18. The van der Waals surface area contributed by atoms with E-state index in [-0.39, 0.29) is 0 Å². The average molecular weight is 312 g/mol. The number of hydrogen-bond donors (Lipinski definition) is 1. The van der Waals surface area contributed by atoms with Crippen LogP contribution >= 0.6 is 0 Å². The minimum absolute atomic E-state index is 0.405. The van der Waals surface area contributed by atoms with Gasteiger partial charge in [-0.25, -0.2) is 0 Å². The van der Waals surface area contributed by atoms with E-state index in [1.54, 1.807) is 0 Å². The van der Waals surface area contributed by atoms with Gasteiger partial charge in [0.05, 0.1) is 11.6 Å². The van der Waals surface area contributed by atoms with E-state index in [4.69, 9.17) is 10.00 Å². The molecule has 1 aromatic rings. The van der Waals surface area contributed by atoms with Crippen molar-refractivity contribution in [3.63, 3.8) is 0 Å². The maximum atomic E-state index is 12.9. The van der Waals surface area contributed by atoms with Crippen LogP contribution in [-0.2, 0) is 11.0 Å². The summed E-state index contributed by atoms with van der Waals surface area (Å²) in [6, 6.07) is 6.74. The van der Waals surface area contributed by atoms with Crippen molar-refractivity contribution in [1.82, 2.24) is 5.32 Å². The number of nitrogens with one attached hydrogen (secondary N) is 1. The number of benzene rings is 1. The summed E-state index contributed by atoms with van der Waals surface area (Å²) in [6.45, 7) is 1.35. The zero-order chi connectivity index (χ0) is 16.4. The van der Waals surface area contributed by atoms with Gasteiger partial charge >= 0.3 is 6.18 Å². The van der Waals surface area contributed by atoms with E-state index in [1.165, 1.54) is 19.1 Å². The molecule has 1 aliphatic rings. The number of carbonyl (C=O) groups is 1. The maximum Gasteiger partial charge on any atom is 0.419 e. The lowest BCUT2D eigenvalue weighted by molar-refractivity contribution is -0.141. The van der Waals surface area contributed by atoms with E-state index in [9.17, 15) is 18.0 Å². The number of carbonyl (C=O) groups excluding carboxylic acids is 1. The number of hydrogen-bond acceptors (Lipinski definition) is 3. The Morgan fingerprint density at radius 3 is 2.55 bits per heavy atom. The fraction of sp³-hybridized carbons (Fsp3) is 0.467. The van der Waals surface area contributed by atoms with Crippen LogP contribution < -0.4 is 10.1 Å². The number of alkyl halides is 3. The predicted molar refractivity (Wildman–Crippen MR) is 71.9 cm³/mol. The number of rotatable bonds is 4. The molecule has 2 rings (SSSR count). The molecule has 1 atom stereocenters. The maximum absolute atomic E-state index is 12.9. The molecule has 1 aromatic carbocycles. The second-order valence-corrected chi connectivity index (χ2v) is 5.29. The Balaban J connectivity index is 2.08. The standard InChI is InChI=1S/C15H15F3N2O2/c1-10(13(21)20-14(9-19)7-4-8-14)22-12-6-3-2-5-11(12)15(16,17)18/h2-3,5-6,10H,4,7-8H2,1H3,(H,20,21)/t10-/m1/s1. The Bertz CT molecular complexity index is 604. The van der Waals surface area contributed by atoms with Crippen molar-refractivity contribution in [2.75, 3.05) is 0 Å². The quantitative estimate of drug-likeness (QED) is 0.929. The van der Waals surface area contributed by atoms with Gasteiger partial charge in [-0.1, -0.05) is 12.1 Å². The summed E-state index contributed by atoms with van der Waals surface area (Å²) in [5.74, 6) is -1.00. The van der Waals surface area contributed by atoms with E-state index in [0.29, 0.717) is 12.8 Å². The van der Waals surface area contributed by atoms with E-state index < -0.39 is 35.0 Å². The van der Waals surface area contributed by atoms with E-state index in [0.717, 1.165) is 18.6 Å². The molecule has 1 saturated carbocycles. The minimum Gasteiger partial charge on any atom is -0.480 e. The summed E-state index contributed by atoms with van der Waals surface area (Å²) < 4.78 is 43.7. The van der Waals surface area contributed by atoms with Crippen molar-refractivity contribution in [3.05, 3.63) is 29.8 Å². The third-order valence-electron chi connectivity index (χ3n) is 3.65.